The maximum Gasteiger partial charge on any atom is 0.514 e. The second-order valence-electron chi connectivity index (χ2n) is 4.94. The molecule has 1 aliphatic heterocycles. The topological polar surface area (TPSA) is 47.6 Å². The van der Waals surface area contributed by atoms with Crippen molar-refractivity contribution in [3.05, 3.63) is 70.9 Å². The number of anilines is 1. The molecule has 0 amide bonds. The number of rotatable bonds is 4. The van der Waals surface area contributed by atoms with Crippen LogP contribution in [0.4, 0.5) is 10.5 Å². The van der Waals surface area contributed by atoms with Gasteiger partial charge in [0.2, 0.25) is 0 Å². The van der Waals surface area contributed by atoms with Crippen molar-refractivity contribution in [2.45, 2.75) is 18.2 Å². The van der Waals surface area contributed by atoms with E-state index in [0.29, 0.717) is 11.5 Å². The summed E-state index contributed by atoms with van der Waals surface area (Å²) < 4.78 is 10.3. The lowest BCUT2D eigenvalue weighted by Gasteiger charge is -2.23. The third-order valence-corrected chi connectivity index (χ3v) is 4.37. The van der Waals surface area contributed by atoms with Crippen LogP contribution in [0.25, 0.3) is 0 Å². The zero-order valence-electron chi connectivity index (χ0n) is 12.7. The average Bonchev–Trinajstić information content (AvgIpc) is 2.56. The van der Waals surface area contributed by atoms with Gasteiger partial charge in [0.05, 0.1) is 18.0 Å². The number of ether oxygens (including phenoxy) is 2. The Bertz CT molecular complexity index is 728. The highest BCUT2D eigenvalue weighted by atomic mass is 32.2. The van der Waals surface area contributed by atoms with Crippen molar-refractivity contribution in [3.8, 4) is 0 Å². The SMILES string of the molecule is CCOC(=O)OC1=C(Cc2ccccc2)Nc2ccccc2S1. The Hall–Kier alpha value is -2.40. The third kappa shape index (κ3) is 3.87. The van der Waals surface area contributed by atoms with Crippen LogP contribution in [0.15, 0.2) is 70.3 Å². The average molecular weight is 327 g/mol. The lowest BCUT2D eigenvalue weighted by Crippen LogP contribution is -2.15. The predicted molar refractivity (Wildman–Crippen MR) is 91.2 cm³/mol. The van der Waals surface area contributed by atoms with Gasteiger partial charge in [-0.25, -0.2) is 4.79 Å². The van der Waals surface area contributed by atoms with Gasteiger partial charge in [-0.05, 0) is 36.4 Å². The summed E-state index contributed by atoms with van der Waals surface area (Å²) in [4.78, 5) is 12.7. The standard InChI is InChI=1S/C18H17NO3S/c1-2-21-18(20)22-17-15(12-13-8-4-3-5-9-13)19-14-10-6-7-11-16(14)23-17/h3-11,19H,2,12H2,1H3. The fourth-order valence-corrected chi connectivity index (χ4v) is 3.19. The van der Waals surface area contributed by atoms with Crippen LogP contribution in [0.2, 0.25) is 0 Å². The van der Waals surface area contributed by atoms with Crippen molar-refractivity contribution in [2.75, 3.05) is 11.9 Å². The fraction of sp³-hybridized carbons (Fsp3) is 0.167. The molecule has 2 aromatic carbocycles. The Kier molecular flexibility index (Phi) is 4.88. The summed E-state index contributed by atoms with van der Waals surface area (Å²) in [6.45, 7) is 2.04. The minimum Gasteiger partial charge on any atom is -0.434 e. The van der Waals surface area contributed by atoms with Gasteiger partial charge in [0.25, 0.3) is 0 Å². The Morgan fingerprint density at radius 2 is 1.83 bits per heavy atom. The maximum atomic E-state index is 11.7. The van der Waals surface area contributed by atoms with Crippen LogP contribution < -0.4 is 5.32 Å². The van der Waals surface area contributed by atoms with Crippen LogP contribution in [0.5, 0.6) is 0 Å². The van der Waals surface area contributed by atoms with Gasteiger partial charge < -0.3 is 14.8 Å². The fourth-order valence-electron chi connectivity index (χ4n) is 2.26. The molecule has 0 bridgehead atoms. The molecular formula is C18H17NO3S. The molecule has 4 nitrogen and oxygen atoms in total. The number of hydrogen-bond donors (Lipinski definition) is 1. The molecule has 1 N–H and O–H groups in total. The van der Waals surface area contributed by atoms with Gasteiger partial charge in [-0.3, -0.25) is 0 Å². The summed E-state index contributed by atoms with van der Waals surface area (Å²) in [5.41, 5.74) is 3.01. The molecule has 0 saturated carbocycles. The monoisotopic (exact) mass is 327 g/mol. The quantitative estimate of drug-likeness (QED) is 0.818. The molecule has 0 fully saturated rings. The minimum atomic E-state index is -0.679. The number of carbonyl (C=O) groups is 1. The molecular weight excluding hydrogens is 310 g/mol. The molecule has 0 radical (unpaired) electrons. The Morgan fingerprint density at radius 3 is 2.61 bits per heavy atom. The third-order valence-electron chi connectivity index (χ3n) is 3.28. The van der Waals surface area contributed by atoms with E-state index < -0.39 is 6.16 Å². The smallest absolute Gasteiger partial charge is 0.434 e. The Labute approximate surface area is 139 Å². The number of fused-ring (bicyclic) bond motifs is 1. The summed E-state index contributed by atoms with van der Waals surface area (Å²) in [5, 5.41) is 3.90. The van der Waals surface area contributed by atoms with Crippen molar-refractivity contribution in [3.63, 3.8) is 0 Å². The minimum absolute atomic E-state index is 0.287. The normalized spacial score (nSPS) is 13.1. The molecule has 3 rings (SSSR count). The van der Waals surface area contributed by atoms with Crippen molar-refractivity contribution in [1.29, 1.82) is 0 Å². The first kappa shape index (κ1) is 15.5. The van der Waals surface area contributed by atoms with Crippen LogP contribution in [0, 0.1) is 0 Å². The molecule has 0 unspecified atom stereocenters. The van der Waals surface area contributed by atoms with Crippen LogP contribution in [0.1, 0.15) is 12.5 Å². The summed E-state index contributed by atoms with van der Waals surface area (Å²) in [7, 11) is 0. The molecule has 23 heavy (non-hydrogen) atoms. The highest BCUT2D eigenvalue weighted by molar-refractivity contribution is 8.03. The van der Waals surface area contributed by atoms with Crippen LogP contribution >= 0.6 is 11.8 Å². The summed E-state index contributed by atoms with van der Waals surface area (Å²) in [5.74, 6) is 0. The van der Waals surface area contributed by atoms with E-state index >= 15 is 0 Å². The second-order valence-corrected chi connectivity index (χ2v) is 5.95. The molecule has 1 heterocycles. The largest absolute Gasteiger partial charge is 0.514 e. The van der Waals surface area contributed by atoms with E-state index in [1.54, 1.807) is 6.92 Å². The first-order chi connectivity index (χ1) is 11.3. The number of allylic oxidation sites excluding steroid dienone is 1. The number of carbonyl (C=O) groups excluding carboxylic acids is 1. The van der Waals surface area contributed by atoms with E-state index in [1.165, 1.54) is 11.8 Å². The van der Waals surface area contributed by atoms with Gasteiger partial charge in [0, 0.05) is 11.3 Å². The van der Waals surface area contributed by atoms with Gasteiger partial charge in [0.15, 0.2) is 5.09 Å². The van der Waals surface area contributed by atoms with Crippen LogP contribution in [-0.4, -0.2) is 12.8 Å². The molecule has 5 heteroatoms. The molecule has 2 aromatic rings. The van der Waals surface area contributed by atoms with E-state index in [1.807, 2.05) is 54.6 Å². The van der Waals surface area contributed by atoms with Crippen molar-refractivity contribution in [1.82, 2.24) is 0 Å². The van der Waals surface area contributed by atoms with Crippen molar-refractivity contribution >= 4 is 23.6 Å². The Balaban J connectivity index is 1.87. The lowest BCUT2D eigenvalue weighted by molar-refractivity contribution is 0.0864. The molecule has 0 atom stereocenters. The maximum absolute atomic E-state index is 11.7. The van der Waals surface area contributed by atoms with E-state index in [2.05, 4.69) is 5.32 Å². The molecule has 0 aliphatic carbocycles. The van der Waals surface area contributed by atoms with Crippen LogP contribution in [-0.2, 0) is 15.9 Å². The number of thioether (sulfide) groups is 1. The van der Waals surface area contributed by atoms with Crippen LogP contribution in [0.3, 0.4) is 0 Å². The first-order valence-electron chi connectivity index (χ1n) is 7.42. The summed E-state index contributed by atoms with van der Waals surface area (Å²) >= 11 is 1.43. The number of nitrogens with one attached hydrogen (secondary N) is 1. The second kappa shape index (κ2) is 7.24. The lowest BCUT2D eigenvalue weighted by atomic mass is 10.1. The Morgan fingerprint density at radius 1 is 1.09 bits per heavy atom. The van der Waals surface area contributed by atoms with E-state index in [4.69, 9.17) is 9.47 Å². The first-order valence-corrected chi connectivity index (χ1v) is 8.23. The molecule has 0 aromatic heterocycles. The van der Waals surface area contributed by atoms with Crippen molar-refractivity contribution in [2.24, 2.45) is 0 Å². The van der Waals surface area contributed by atoms with Gasteiger partial charge in [0.1, 0.15) is 0 Å². The molecule has 1 aliphatic rings. The van der Waals surface area contributed by atoms with Crippen molar-refractivity contribution < 1.29 is 14.3 Å². The molecule has 118 valence electrons. The summed E-state index contributed by atoms with van der Waals surface area (Å²) in [6.07, 6.45) is -0.0292. The van der Waals surface area contributed by atoms with E-state index in [0.717, 1.165) is 21.8 Å². The number of benzene rings is 2. The zero-order chi connectivity index (χ0) is 16.1. The van der Waals surface area contributed by atoms with Gasteiger partial charge in [-0.15, -0.1) is 0 Å². The highest BCUT2D eigenvalue weighted by Crippen LogP contribution is 2.40. The van der Waals surface area contributed by atoms with Gasteiger partial charge in [-0.2, -0.15) is 0 Å². The molecule has 0 saturated heterocycles. The van der Waals surface area contributed by atoms with Gasteiger partial charge >= 0.3 is 6.16 Å². The van der Waals surface area contributed by atoms with E-state index in [-0.39, 0.29) is 6.61 Å². The zero-order valence-corrected chi connectivity index (χ0v) is 13.6. The molecule has 0 spiro atoms. The van der Waals surface area contributed by atoms with Gasteiger partial charge in [-0.1, -0.05) is 42.5 Å². The van der Waals surface area contributed by atoms with E-state index in [9.17, 15) is 4.79 Å². The summed E-state index contributed by atoms with van der Waals surface area (Å²) in [6, 6.07) is 18.0. The number of para-hydroxylation sites is 1. The predicted octanol–water partition coefficient (Wildman–Crippen LogP) is 4.79. The number of hydrogen-bond acceptors (Lipinski definition) is 5. The highest BCUT2D eigenvalue weighted by Gasteiger charge is 2.22.